The Morgan fingerprint density at radius 2 is 1.95 bits per heavy atom. The van der Waals surface area contributed by atoms with Crippen LogP contribution in [0.2, 0.25) is 5.02 Å². The van der Waals surface area contributed by atoms with Crippen molar-refractivity contribution in [3.05, 3.63) is 53.1 Å². The molecule has 0 aliphatic heterocycles. The van der Waals surface area contributed by atoms with E-state index in [1.165, 1.54) is 0 Å². The van der Waals surface area contributed by atoms with Gasteiger partial charge in [-0.25, -0.2) is 0 Å². The zero-order valence-electron chi connectivity index (χ0n) is 11.4. The van der Waals surface area contributed by atoms with Gasteiger partial charge in [0.05, 0.1) is 17.2 Å². The van der Waals surface area contributed by atoms with E-state index in [4.69, 9.17) is 32.0 Å². The lowest BCUT2D eigenvalue weighted by molar-refractivity contribution is 0.318. The highest BCUT2D eigenvalue weighted by Crippen LogP contribution is 2.31. The minimum absolute atomic E-state index is 0.114. The molecule has 2 aromatic carbocycles. The third-order valence-corrected chi connectivity index (χ3v) is 3.00. The number of amidine groups is 1. The molecule has 0 aromatic heterocycles. The van der Waals surface area contributed by atoms with Crippen LogP contribution in [0.1, 0.15) is 12.5 Å². The molecule has 0 atom stereocenters. The number of rotatable bonds is 5. The maximum absolute atomic E-state index is 8.85. The molecule has 0 amide bonds. The standard InChI is InChI=1S/C15H15ClN2O3/c1-2-20-10-5-3-6-11(9-10)21-13-8-4-7-12(16)14(13)15(17)18-19/h3-9,19H,2H2,1H3,(H2,17,18). The largest absolute Gasteiger partial charge is 0.494 e. The van der Waals surface area contributed by atoms with E-state index < -0.39 is 0 Å². The van der Waals surface area contributed by atoms with Crippen molar-refractivity contribution in [3.8, 4) is 17.2 Å². The summed E-state index contributed by atoms with van der Waals surface area (Å²) in [7, 11) is 0. The first-order valence-corrected chi connectivity index (χ1v) is 6.70. The van der Waals surface area contributed by atoms with Crippen molar-refractivity contribution >= 4 is 17.4 Å². The molecule has 0 spiro atoms. The van der Waals surface area contributed by atoms with E-state index >= 15 is 0 Å². The second-order valence-electron chi connectivity index (χ2n) is 4.11. The number of benzene rings is 2. The Kier molecular flexibility index (Phi) is 4.90. The molecule has 3 N–H and O–H groups in total. The molecule has 0 saturated heterocycles. The van der Waals surface area contributed by atoms with Gasteiger partial charge in [0.1, 0.15) is 17.2 Å². The fraction of sp³-hybridized carbons (Fsp3) is 0.133. The molecule has 6 heteroatoms. The number of oxime groups is 1. The van der Waals surface area contributed by atoms with Crippen LogP contribution in [0.3, 0.4) is 0 Å². The van der Waals surface area contributed by atoms with E-state index in [1.807, 2.05) is 19.1 Å². The molecule has 5 nitrogen and oxygen atoms in total. The van der Waals surface area contributed by atoms with Crippen molar-refractivity contribution in [2.75, 3.05) is 6.61 Å². The van der Waals surface area contributed by atoms with Crippen LogP contribution in [-0.4, -0.2) is 17.6 Å². The van der Waals surface area contributed by atoms with Gasteiger partial charge >= 0.3 is 0 Å². The van der Waals surface area contributed by atoms with Gasteiger partial charge in [0.2, 0.25) is 0 Å². The van der Waals surface area contributed by atoms with E-state index in [-0.39, 0.29) is 5.84 Å². The SMILES string of the molecule is CCOc1cccc(Oc2cccc(Cl)c2C(N)=NO)c1. The molecule has 21 heavy (non-hydrogen) atoms. The van der Waals surface area contributed by atoms with Crippen molar-refractivity contribution in [3.63, 3.8) is 0 Å². The van der Waals surface area contributed by atoms with Gasteiger partial charge in [0, 0.05) is 6.07 Å². The summed E-state index contributed by atoms with van der Waals surface area (Å²) < 4.78 is 11.2. The zero-order chi connectivity index (χ0) is 15.2. The normalized spacial score (nSPS) is 11.2. The molecule has 2 rings (SSSR count). The lowest BCUT2D eigenvalue weighted by Crippen LogP contribution is -2.14. The quantitative estimate of drug-likeness (QED) is 0.383. The first kappa shape index (κ1) is 15.0. The summed E-state index contributed by atoms with van der Waals surface area (Å²) in [5.41, 5.74) is 5.97. The number of ether oxygens (including phenoxy) is 2. The van der Waals surface area contributed by atoms with Crippen molar-refractivity contribution < 1.29 is 14.7 Å². The van der Waals surface area contributed by atoms with E-state index in [2.05, 4.69) is 5.16 Å². The van der Waals surface area contributed by atoms with E-state index in [1.54, 1.807) is 30.3 Å². The average Bonchev–Trinajstić information content (AvgIpc) is 2.47. The molecule has 110 valence electrons. The molecule has 0 radical (unpaired) electrons. The Morgan fingerprint density at radius 1 is 1.24 bits per heavy atom. The first-order chi connectivity index (χ1) is 10.2. The number of halogens is 1. The Balaban J connectivity index is 2.36. The Bertz CT molecular complexity index is 659. The second-order valence-corrected chi connectivity index (χ2v) is 4.52. The van der Waals surface area contributed by atoms with E-state index in [0.29, 0.717) is 34.4 Å². The molecular weight excluding hydrogens is 292 g/mol. The Labute approximate surface area is 127 Å². The Morgan fingerprint density at radius 3 is 2.67 bits per heavy atom. The van der Waals surface area contributed by atoms with Gasteiger partial charge in [0.15, 0.2) is 5.84 Å². The minimum Gasteiger partial charge on any atom is -0.494 e. The van der Waals surface area contributed by atoms with Crippen LogP contribution in [0.15, 0.2) is 47.6 Å². The van der Waals surface area contributed by atoms with Gasteiger partial charge in [-0.15, -0.1) is 0 Å². The molecular formula is C15H15ClN2O3. The summed E-state index contributed by atoms with van der Waals surface area (Å²) in [6, 6.07) is 12.2. The number of hydrogen-bond donors (Lipinski definition) is 2. The summed E-state index contributed by atoms with van der Waals surface area (Å²) in [5, 5.41) is 12.2. The molecule has 0 aliphatic carbocycles. The topological polar surface area (TPSA) is 77.1 Å². The smallest absolute Gasteiger partial charge is 0.175 e. The van der Waals surface area contributed by atoms with Crippen LogP contribution in [0, 0.1) is 0 Å². The number of hydrogen-bond acceptors (Lipinski definition) is 4. The third kappa shape index (κ3) is 3.58. The van der Waals surface area contributed by atoms with E-state index in [0.717, 1.165) is 0 Å². The molecule has 0 saturated carbocycles. The molecule has 2 aromatic rings. The highest BCUT2D eigenvalue weighted by molar-refractivity contribution is 6.34. The van der Waals surface area contributed by atoms with E-state index in [9.17, 15) is 0 Å². The van der Waals surface area contributed by atoms with Gasteiger partial charge in [-0.3, -0.25) is 0 Å². The molecule has 0 bridgehead atoms. The fourth-order valence-electron chi connectivity index (χ4n) is 1.81. The maximum Gasteiger partial charge on any atom is 0.175 e. The Hall–Kier alpha value is -2.40. The minimum atomic E-state index is -0.114. The molecule has 0 unspecified atom stereocenters. The third-order valence-electron chi connectivity index (χ3n) is 2.68. The van der Waals surface area contributed by atoms with Gasteiger partial charge in [-0.2, -0.15) is 0 Å². The highest BCUT2D eigenvalue weighted by Gasteiger charge is 2.13. The molecule has 0 heterocycles. The van der Waals surface area contributed by atoms with Gasteiger partial charge in [-0.05, 0) is 31.2 Å². The van der Waals surface area contributed by atoms with Crippen LogP contribution in [0.4, 0.5) is 0 Å². The number of nitrogens with two attached hydrogens (primary N) is 1. The van der Waals surface area contributed by atoms with Gasteiger partial charge in [-0.1, -0.05) is 28.9 Å². The second kappa shape index (κ2) is 6.85. The van der Waals surface area contributed by atoms with Crippen molar-refractivity contribution in [2.45, 2.75) is 6.92 Å². The van der Waals surface area contributed by atoms with Gasteiger partial charge in [0.25, 0.3) is 0 Å². The lowest BCUT2D eigenvalue weighted by atomic mass is 10.2. The highest BCUT2D eigenvalue weighted by atomic mass is 35.5. The monoisotopic (exact) mass is 306 g/mol. The lowest BCUT2D eigenvalue weighted by Gasteiger charge is -2.12. The summed E-state index contributed by atoms with van der Waals surface area (Å²) in [6.07, 6.45) is 0. The predicted molar refractivity (Wildman–Crippen MR) is 81.6 cm³/mol. The van der Waals surface area contributed by atoms with Crippen LogP contribution in [0.25, 0.3) is 0 Å². The maximum atomic E-state index is 8.85. The van der Waals surface area contributed by atoms with Gasteiger partial charge < -0.3 is 20.4 Å². The van der Waals surface area contributed by atoms with Crippen LogP contribution < -0.4 is 15.2 Å². The zero-order valence-corrected chi connectivity index (χ0v) is 12.2. The number of nitrogens with zero attached hydrogens (tertiary/aromatic N) is 1. The summed E-state index contributed by atoms with van der Waals surface area (Å²) in [6.45, 7) is 2.47. The predicted octanol–water partition coefficient (Wildman–Crippen LogP) is 3.63. The van der Waals surface area contributed by atoms with Crippen molar-refractivity contribution in [1.29, 1.82) is 0 Å². The van der Waals surface area contributed by atoms with Crippen LogP contribution >= 0.6 is 11.6 Å². The average molecular weight is 307 g/mol. The summed E-state index contributed by atoms with van der Waals surface area (Å²) >= 11 is 6.07. The van der Waals surface area contributed by atoms with Crippen molar-refractivity contribution in [2.24, 2.45) is 10.9 Å². The first-order valence-electron chi connectivity index (χ1n) is 6.32. The van der Waals surface area contributed by atoms with Crippen LogP contribution in [0.5, 0.6) is 17.2 Å². The molecule has 0 fully saturated rings. The fourth-order valence-corrected chi connectivity index (χ4v) is 2.07. The summed E-state index contributed by atoms with van der Waals surface area (Å²) in [4.78, 5) is 0. The van der Waals surface area contributed by atoms with Crippen LogP contribution in [-0.2, 0) is 0 Å². The molecule has 0 aliphatic rings. The van der Waals surface area contributed by atoms with Crippen molar-refractivity contribution in [1.82, 2.24) is 0 Å². The summed E-state index contributed by atoms with van der Waals surface area (Å²) in [5.74, 6) is 1.54.